The molecule has 1 aromatic carbocycles. The van der Waals surface area contributed by atoms with Crippen molar-refractivity contribution in [2.24, 2.45) is 0 Å². The van der Waals surface area contributed by atoms with Crippen LogP contribution in [-0.4, -0.2) is 57.1 Å². The minimum atomic E-state index is -0.656. The van der Waals surface area contributed by atoms with Crippen LogP contribution in [0.1, 0.15) is 62.3 Å². The van der Waals surface area contributed by atoms with Gasteiger partial charge in [-0.2, -0.15) is 0 Å². The zero-order valence-electron chi connectivity index (χ0n) is 16.4. The first-order valence-electron chi connectivity index (χ1n) is 9.05. The summed E-state index contributed by atoms with van der Waals surface area (Å²) in [7, 11) is 0. The summed E-state index contributed by atoms with van der Waals surface area (Å²) in [6, 6.07) is 4.42. The van der Waals surface area contributed by atoms with Gasteiger partial charge in [-0.25, -0.2) is 4.98 Å². The van der Waals surface area contributed by atoms with Gasteiger partial charge in [0, 0.05) is 36.6 Å². The Hall–Kier alpha value is -3.62. The van der Waals surface area contributed by atoms with E-state index in [1.165, 1.54) is 41.7 Å². The molecule has 1 aliphatic heterocycles. The maximum Gasteiger partial charge on any atom is 0.271 e. The summed E-state index contributed by atoms with van der Waals surface area (Å²) in [4.78, 5) is 58.2. The summed E-state index contributed by atoms with van der Waals surface area (Å²) in [6.45, 7) is 5.71. The molecule has 0 radical (unpaired) electrons. The van der Waals surface area contributed by atoms with E-state index in [2.05, 4.69) is 20.6 Å². The smallest absolute Gasteiger partial charge is 0.271 e. The molecule has 2 N–H and O–H groups in total. The van der Waals surface area contributed by atoms with Gasteiger partial charge in [0.2, 0.25) is 0 Å². The molecule has 0 aliphatic carbocycles. The van der Waals surface area contributed by atoms with E-state index >= 15 is 0 Å². The highest BCUT2D eigenvalue weighted by Crippen LogP contribution is 2.29. The van der Waals surface area contributed by atoms with Crippen LogP contribution in [0.5, 0.6) is 0 Å². The summed E-state index contributed by atoms with van der Waals surface area (Å²) >= 11 is 0. The third-order valence-electron chi connectivity index (χ3n) is 4.31. The Morgan fingerprint density at radius 3 is 2.24 bits per heavy atom. The van der Waals surface area contributed by atoms with E-state index in [-0.39, 0.29) is 41.4 Å². The standard InChI is InChI=1S/C20H21N5O4/c1-20(2,3)25-18(28)13-5-4-12(10-14(13)19(25)29)16(26)23-8-9-24-17(27)15-11-21-6-7-22-15/h4-7,10-11H,8-9H2,1-3H3,(H,23,26)(H,24,27). The molecular formula is C20H21N5O4. The first-order chi connectivity index (χ1) is 13.7. The van der Waals surface area contributed by atoms with Gasteiger partial charge in [0.1, 0.15) is 5.69 Å². The van der Waals surface area contributed by atoms with E-state index in [1.807, 2.05) is 0 Å². The van der Waals surface area contributed by atoms with Crippen molar-refractivity contribution in [1.82, 2.24) is 25.5 Å². The zero-order valence-corrected chi connectivity index (χ0v) is 16.4. The quantitative estimate of drug-likeness (QED) is 0.576. The highest BCUT2D eigenvalue weighted by atomic mass is 16.2. The predicted octanol–water partition coefficient (Wildman–Crippen LogP) is 1.03. The fourth-order valence-corrected chi connectivity index (χ4v) is 2.95. The topological polar surface area (TPSA) is 121 Å². The molecule has 9 nitrogen and oxygen atoms in total. The molecule has 0 spiro atoms. The Morgan fingerprint density at radius 2 is 1.62 bits per heavy atom. The molecule has 2 heterocycles. The Morgan fingerprint density at radius 1 is 0.966 bits per heavy atom. The van der Waals surface area contributed by atoms with Crippen molar-refractivity contribution in [1.29, 1.82) is 0 Å². The van der Waals surface area contributed by atoms with Gasteiger partial charge in [0.05, 0.1) is 17.3 Å². The molecule has 3 rings (SSSR count). The van der Waals surface area contributed by atoms with Crippen molar-refractivity contribution < 1.29 is 19.2 Å². The number of nitrogens with one attached hydrogen (secondary N) is 2. The van der Waals surface area contributed by atoms with Crippen molar-refractivity contribution in [2.45, 2.75) is 26.3 Å². The molecule has 1 aromatic heterocycles. The predicted molar refractivity (Wildman–Crippen MR) is 103 cm³/mol. The molecule has 0 saturated carbocycles. The number of amides is 4. The van der Waals surface area contributed by atoms with E-state index in [9.17, 15) is 19.2 Å². The van der Waals surface area contributed by atoms with E-state index in [4.69, 9.17) is 0 Å². The van der Waals surface area contributed by atoms with Gasteiger partial charge in [-0.15, -0.1) is 0 Å². The maximum absolute atomic E-state index is 12.6. The average Bonchev–Trinajstić information content (AvgIpc) is 2.95. The number of carbonyl (C=O) groups is 4. The van der Waals surface area contributed by atoms with Crippen molar-refractivity contribution in [3.63, 3.8) is 0 Å². The third-order valence-corrected chi connectivity index (χ3v) is 4.31. The Labute approximate surface area is 167 Å². The summed E-state index contributed by atoms with van der Waals surface area (Å²) in [5.41, 5.74) is 0.299. The van der Waals surface area contributed by atoms with Crippen LogP contribution < -0.4 is 10.6 Å². The van der Waals surface area contributed by atoms with Crippen LogP contribution in [-0.2, 0) is 0 Å². The van der Waals surface area contributed by atoms with Crippen LogP contribution in [0.4, 0.5) is 0 Å². The number of carbonyl (C=O) groups excluding carboxylic acids is 4. The SMILES string of the molecule is CC(C)(C)N1C(=O)c2ccc(C(=O)NCCNC(=O)c3cnccn3)cc2C1=O. The fourth-order valence-electron chi connectivity index (χ4n) is 2.95. The van der Waals surface area contributed by atoms with Crippen LogP contribution in [0.15, 0.2) is 36.8 Å². The molecule has 1 aliphatic rings. The molecule has 0 saturated heterocycles. The number of hydrogen-bond acceptors (Lipinski definition) is 6. The number of rotatable bonds is 5. The van der Waals surface area contributed by atoms with Crippen LogP contribution in [0.3, 0.4) is 0 Å². The van der Waals surface area contributed by atoms with Gasteiger partial charge >= 0.3 is 0 Å². The van der Waals surface area contributed by atoms with E-state index in [1.54, 1.807) is 20.8 Å². The summed E-state index contributed by atoms with van der Waals surface area (Å²) in [6.07, 6.45) is 4.22. The number of nitrogens with zero attached hydrogens (tertiary/aromatic N) is 3. The van der Waals surface area contributed by atoms with Gasteiger partial charge in [0.25, 0.3) is 23.6 Å². The zero-order chi connectivity index (χ0) is 21.2. The molecular weight excluding hydrogens is 374 g/mol. The van der Waals surface area contributed by atoms with Gasteiger partial charge in [-0.05, 0) is 39.0 Å². The monoisotopic (exact) mass is 395 g/mol. The third kappa shape index (κ3) is 4.13. The van der Waals surface area contributed by atoms with Gasteiger partial charge in [-0.3, -0.25) is 29.1 Å². The molecule has 0 unspecified atom stereocenters. The highest BCUT2D eigenvalue weighted by molar-refractivity contribution is 6.22. The molecule has 9 heteroatoms. The van der Waals surface area contributed by atoms with Crippen molar-refractivity contribution in [2.75, 3.05) is 13.1 Å². The van der Waals surface area contributed by atoms with Crippen molar-refractivity contribution in [3.05, 3.63) is 59.2 Å². The van der Waals surface area contributed by atoms with Crippen molar-refractivity contribution in [3.8, 4) is 0 Å². The summed E-state index contributed by atoms with van der Waals surface area (Å²) in [5, 5.41) is 5.29. The Balaban J connectivity index is 1.59. The lowest BCUT2D eigenvalue weighted by molar-refractivity contribution is 0.0507. The summed E-state index contributed by atoms with van der Waals surface area (Å²) in [5.74, 6) is -1.58. The summed E-state index contributed by atoms with van der Waals surface area (Å²) < 4.78 is 0. The molecule has 0 atom stereocenters. The molecule has 0 fully saturated rings. The van der Waals surface area contributed by atoms with E-state index < -0.39 is 23.3 Å². The number of imide groups is 1. The van der Waals surface area contributed by atoms with Crippen LogP contribution >= 0.6 is 0 Å². The highest BCUT2D eigenvalue weighted by Gasteiger charge is 2.42. The van der Waals surface area contributed by atoms with Gasteiger partial charge < -0.3 is 10.6 Å². The van der Waals surface area contributed by atoms with Crippen LogP contribution in [0, 0.1) is 0 Å². The first kappa shape index (κ1) is 20.1. The molecule has 150 valence electrons. The normalized spacial score (nSPS) is 13.3. The second kappa shape index (κ2) is 7.78. The van der Waals surface area contributed by atoms with Crippen LogP contribution in [0.2, 0.25) is 0 Å². The maximum atomic E-state index is 12.6. The van der Waals surface area contributed by atoms with E-state index in [0.29, 0.717) is 0 Å². The largest absolute Gasteiger partial charge is 0.350 e. The fraction of sp³-hybridized carbons (Fsp3) is 0.300. The average molecular weight is 395 g/mol. The lowest BCUT2D eigenvalue weighted by atomic mass is 10.1. The van der Waals surface area contributed by atoms with Gasteiger partial charge in [0.15, 0.2) is 0 Å². The lowest BCUT2D eigenvalue weighted by Gasteiger charge is -2.29. The minimum Gasteiger partial charge on any atom is -0.350 e. The van der Waals surface area contributed by atoms with Crippen molar-refractivity contribution >= 4 is 23.6 Å². The molecule has 29 heavy (non-hydrogen) atoms. The second-order valence-corrected chi connectivity index (χ2v) is 7.48. The number of benzene rings is 1. The van der Waals surface area contributed by atoms with E-state index in [0.717, 1.165) is 0 Å². The Bertz CT molecular complexity index is 982. The first-order valence-corrected chi connectivity index (χ1v) is 9.05. The minimum absolute atomic E-state index is 0.183. The lowest BCUT2D eigenvalue weighted by Crippen LogP contribution is -2.45. The second-order valence-electron chi connectivity index (χ2n) is 7.48. The van der Waals surface area contributed by atoms with Gasteiger partial charge in [-0.1, -0.05) is 0 Å². The molecule has 0 bridgehead atoms. The number of fused-ring (bicyclic) bond motifs is 1. The number of hydrogen-bond donors (Lipinski definition) is 2. The van der Waals surface area contributed by atoms with Crippen LogP contribution in [0.25, 0.3) is 0 Å². The number of aromatic nitrogens is 2. The molecule has 4 amide bonds. The molecule has 2 aromatic rings. The Kier molecular flexibility index (Phi) is 5.40.